The van der Waals surface area contributed by atoms with Gasteiger partial charge in [-0.05, 0) is 13.8 Å². The van der Waals surface area contributed by atoms with E-state index in [9.17, 15) is 0 Å². The van der Waals surface area contributed by atoms with Gasteiger partial charge in [0.1, 0.15) is 18.5 Å². The number of rotatable bonds is 3. The van der Waals surface area contributed by atoms with Crippen molar-refractivity contribution in [2.24, 2.45) is 10.2 Å². The first-order chi connectivity index (χ1) is 12.2. The van der Waals surface area contributed by atoms with E-state index < -0.39 is 0 Å². The van der Waals surface area contributed by atoms with Crippen molar-refractivity contribution >= 4 is 22.8 Å². The maximum Gasteiger partial charge on any atom is 0.254 e. The Kier molecular flexibility index (Phi) is 3.24. The summed E-state index contributed by atoms with van der Waals surface area (Å²) in [5, 5.41) is 21.0. The fourth-order valence-electron chi connectivity index (χ4n) is 2.24. The van der Waals surface area contributed by atoms with Gasteiger partial charge in [0.2, 0.25) is 0 Å². The van der Waals surface area contributed by atoms with E-state index in [0.717, 1.165) is 0 Å². The van der Waals surface area contributed by atoms with Crippen LogP contribution in [0.15, 0.2) is 29.1 Å². The van der Waals surface area contributed by atoms with Gasteiger partial charge in [-0.15, -0.1) is 20.0 Å². The molecule has 0 radical (unpaired) electrons. The number of H-pyrrole nitrogens is 1. The quantitative estimate of drug-likeness (QED) is 0.450. The van der Waals surface area contributed by atoms with Crippen LogP contribution in [0.25, 0.3) is 16.4 Å². The second-order valence-corrected chi connectivity index (χ2v) is 5.00. The summed E-state index contributed by atoms with van der Waals surface area (Å²) in [6, 6.07) is 0. The molecule has 0 amide bonds. The van der Waals surface area contributed by atoms with Crippen LogP contribution in [0, 0.1) is 20.4 Å². The van der Waals surface area contributed by atoms with Crippen LogP contribution in [0.4, 0.5) is 17.2 Å². The third-order valence-electron chi connectivity index (χ3n) is 3.32. The summed E-state index contributed by atoms with van der Waals surface area (Å²) in [7, 11) is 0. The number of aryl methyl sites for hydroxylation is 2. The predicted molar refractivity (Wildman–Crippen MR) is 84.2 cm³/mol. The summed E-state index contributed by atoms with van der Waals surface area (Å²) in [4.78, 5) is 18.3. The molecule has 0 aromatic carbocycles. The van der Waals surface area contributed by atoms with Crippen LogP contribution in [-0.4, -0.2) is 44.5 Å². The number of fused-ring (bicyclic) bond motifs is 1. The number of hydrogen-bond donors (Lipinski definition) is 1. The highest BCUT2D eigenvalue weighted by atomic mass is 15.5. The summed E-state index contributed by atoms with van der Waals surface area (Å²) >= 11 is 0. The molecule has 4 rings (SSSR count). The molecule has 0 saturated carbocycles. The molecular weight excluding hydrogens is 324 g/mol. The van der Waals surface area contributed by atoms with Gasteiger partial charge in [0, 0.05) is 0 Å². The van der Waals surface area contributed by atoms with E-state index in [2.05, 4.69) is 50.3 Å². The Balaban J connectivity index is 1.82. The number of nitrogens with one attached hydrogen (secondary N) is 1. The Bertz CT molecular complexity index is 1120. The van der Waals surface area contributed by atoms with E-state index in [1.54, 1.807) is 6.92 Å². The summed E-state index contributed by atoms with van der Waals surface area (Å²) in [5.41, 5.74) is 2.03. The molecule has 0 aliphatic heterocycles. The largest absolute Gasteiger partial charge is 0.324 e. The molecule has 0 spiro atoms. The molecule has 25 heavy (non-hydrogen) atoms. The summed E-state index contributed by atoms with van der Waals surface area (Å²) < 4.78 is 2.78. The first-order valence-corrected chi connectivity index (χ1v) is 7.09. The van der Waals surface area contributed by atoms with E-state index in [1.807, 2.05) is 6.92 Å². The van der Waals surface area contributed by atoms with Gasteiger partial charge in [-0.1, -0.05) is 0 Å². The molecule has 0 bridgehead atoms. The topological polar surface area (TPSA) is 132 Å². The lowest BCUT2D eigenvalue weighted by Crippen LogP contribution is -2.01. The highest BCUT2D eigenvalue weighted by Crippen LogP contribution is 2.32. The summed E-state index contributed by atoms with van der Waals surface area (Å²) in [6.45, 7) is 10.9. The lowest BCUT2D eigenvalue weighted by molar-refractivity contribution is 0.790. The highest BCUT2D eigenvalue weighted by Gasteiger charge is 2.16. The second kappa shape index (κ2) is 5.57. The zero-order chi connectivity index (χ0) is 17.4. The Morgan fingerprint density at radius 3 is 2.72 bits per heavy atom. The number of nitrogens with zero attached hydrogens (tertiary/aromatic N) is 11. The van der Waals surface area contributed by atoms with Crippen molar-refractivity contribution < 1.29 is 0 Å². The molecular formula is C13H10N12. The van der Waals surface area contributed by atoms with Crippen LogP contribution >= 0.6 is 0 Å². The molecule has 122 valence electrons. The van der Waals surface area contributed by atoms with Gasteiger partial charge in [-0.25, -0.2) is 9.83 Å². The van der Waals surface area contributed by atoms with Gasteiger partial charge in [-0.2, -0.15) is 24.8 Å². The van der Waals surface area contributed by atoms with Crippen molar-refractivity contribution in [3.63, 3.8) is 0 Å². The maximum atomic E-state index is 7.27. The van der Waals surface area contributed by atoms with Crippen molar-refractivity contribution in [2.75, 3.05) is 0 Å². The molecule has 4 aromatic rings. The normalized spacial score (nSPS) is 11.4. The Morgan fingerprint density at radius 2 is 1.96 bits per heavy atom. The fourth-order valence-corrected chi connectivity index (χ4v) is 2.24. The molecule has 0 saturated heterocycles. The van der Waals surface area contributed by atoms with Crippen LogP contribution in [0.1, 0.15) is 11.5 Å². The van der Waals surface area contributed by atoms with E-state index in [1.165, 1.54) is 28.2 Å². The highest BCUT2D eigenvalue weighted by molar-refractivity contribution is 5.67. The average molecular weight is 334 g/mol. The molecule has 0 unspecified atom stereocenters. The van der Waals surface area contributed by atoms with Gasteiger partial charge in [0.25, 0.3) is 11.6 Å². The van der Waals surface area contributed by atoms with Crippen molar-refractivity contribution in [2.45, 2.75) is 13.8 Å². The third kappa shape index (κ3) is 2.39. The van der Waals surface area contributed by atoms with E-state index in [4.69, 9.17) is 6.57 Å². The van der Waals surface area contributed by atoms with Gasteiger partial charge in [-0.3, -0.25) is 0 Å². The predicted octanol–water partition coefficient (Wildman–Crippen LogP) is 2.01. The molecule has 0 fully saturated rings. The molecule has 0 aliphatic rings. The van der Waals surface area contributed by atoms with Gasteiger partial charge in [0.15, 0.2) is 17.2 Å². The number of azo groups is 1. The minimum atomic E-state index is 0.219. The lowest BCUT2D eigenvalue weighted by atomic mass is 10.4. The van der Waals surface area contributed by atoms with Gasteiger partial charge >= 0.3 is 0 Å². The molecule has 1 N–H and O–H groups in total. The molecule has 12 heteroatoms. The third-order valence-corrected chi connectivity index (χ3v) is 3.32. The van der Waals surface area contributed by atoms with Crippen molar-refractivity contribution in [3.8, 4) is 5.95 Å². The van der Waals surface area contributed by atoms with Crippen LogP contribution < -0.4 is 0 Å². The van der Waals surface area contributed by atoms with Crippen molar-refractivity contribution in [3.05, 3.63) is 41.8 Å². The zero-order valence-electron chi connectivity index (χ0n) is 13.2. The van der Waals surface area contributed by atoms with E-state index in [0.29, 0.717) is 22.9 Å². The Hall–Kier alpha value is -4.01. The smallest absolute Gasteiger partial charge is 0.254 e. The fraction of sp³-hybridized carbons (Fsp3) is 0.154. The average Bonchev–Trinajstić information content (AvgIpc) is 3.26. The maximum absolute atomic E-state index is 7.27. The van der Waals surface area contributed by atoms with Crippen LogP contribution in [0.5, 0.6) is 0 Å². The zero-order valence-corrected chi connectivity index (χ0v) is 13.2. The van der Waals surface area contributed by atoms with Gasteiger partial charge < -0.3 is 4.98 Å². The molecule has 0 aliphatic carbocycles. The summed E-state index contributed by atoms with van der Waals surface area (Å²) in [5.74, 6) is 1.17. The second-order valence-electron chi connectivity index (χ2n) is 5.00. The van der Waals surface area contributed by atoms with E-state index >= 15 is 0 Å². The van der Waals surface area contributed by atoms with Crippen LogP contribution in [-0.2, 0) is 0 Å². The van der Waals surface area contributed by atoms with Crippen molar-refractivity contribution in [1.82, 2.24) is 44.5 Å². The number of hydrogen-bond acceptors (Lipinski definition) is 8. The molecule has 12 nitrogen and oxygen atoms in total. The minimum Gasteiger partial charge on any atom is -0.324 e. The minimum absolute atomic E-state index is 0.219. The van der Waals surface area contributed by atoms with Crippen LogP contribution in [0.2, 0.25) is 0 Å². The number of aromatic nitrogens is 9. The monoisotopic (exact) mass is 334 g/mol. The molecule has 0 atom stereocenters. The van der Waals surface area contributed by atoms with Gasteiger partial charge in [0.05, 0.1) is 18.5 Å². The van der Waals surface area contributed by atoms with Crippen LogP contribution in [0.3, 0.4) is 0 Å². The lowest BCUT2D eigenvalue weighted by Gasteiger charge is -2.00. The Labute approximate surface area is 140 Å². The number of aromatic amines is 1. The first-order valence-electron chi connectivity index (χ1n) is 7.09. The first kappa shape index (κ1) is 14.6. The summed E-state index contributed by atoms with van der Waals surface area (Å²) in [6.07, 6.45) is 4.05. The SMILES string of the molecule is [C-]#[N+]c1cnn(-c2ncncn2)c1/N=N/c1c(C)nn2nc(C)[nH]c12. The molecule has 4 aromatic heterocycles. The standard InChI is InChI=1S/C13H10N12/c1-7-10(12-19-8(2)23-25(12)22-7)20-21-11-9(14-3)4-18-24(11)13-16-5-15-6-17-13/h4-6H,1-2H3,(H,19,23)/b21-20+. The molecule has 4 heterocycles. The van der Waals surface area contributed by atoms with Crippen molar-refractivity contribution in [1.29, 1.82) is 0 Å². The van der Waals surface area contributed by atoms with E-state index in [-0.39, 0.29) is 17.5 Å². The Morgan fingerprint density at radius 1 is 1.16 bits per heavy atom.